The number of aryl methyl sites for hydroxylation is 1. The molecule has 3 heteroatoms. The molecule has 0 spiro atoms. The average Bonchev–Trinajstić information content (AvgIpc) is 2.08. The second-order valence-corrected chi connectivity index (χ2v) is 2.90. The van der Waals surface area contributed by atoms with E-state index >= 15 is 0 Å². The summed E-state index contributed by atoms with van der Waals surface area (Å²) in [6, 6.07) is 5.15. The molecule has 1 aromatic rings. The summed E-state index contributed by atoms with van der Waals surface area (Å²) in [5.41, 5.74) is 7.81. The summed E-state index contributed by atoms with van der Waals surface area (Å²) in [6.45, 7) is 1.86. The van der Waals surface area contributed by atoms with Gasteiger partial charge in [0.25, 0.3) is 0 Å². The van der Waals surface area contributed by atoms with E-state index in [1.807, 2.05) is 6.92 Å². The summed E-state index contributed by atoms with van der Waals surface area (Å²) in [5.74, 6) is -0.0524. The SMILES string of the molecule is Cc1cc(C(=O)CCl)ccc1N. The number of rotatable bonds is 2. The first kappa shape index (κ1) is 9.07. The van der Waals surface area contributed by atoms with Gasteiger partial charge in [-0.1, -0.05) is 0 Å². The highest BCUT2D eigenvalue weighted by Crippen LogP contribution is 2.13. The normalized spacial score (nSPS) is 9.83. The highest BCUT2D eigenvalue weighted by Gasteiger charge is 2.04. The maximum atomic E-state index is 11.1. The van der Waals surface area contributed by atoms with Gasteiger partial charge < -0.3 is 5.73 Å². The summed E-state index contributed by atoms with van der Waals surface area (Å²) in [4.78, 5) is 11.1. The summed E-state index contributed by atoms with van der Waals surface area (Å²) in [6.07, 6.45) is 0. The van der Waals surface area contributed by atoms with Crippen LogP contribution in [0, 0.1) is 6.92 Å². The first-order valence-electron chi connectivity index (χ1n) is 3.60. The third-order valence-corrected chi connectivity index (χ3v) is 1.96. The molecular weight excluding hydrogens is 174 g/mol. The molecule has 64 valence electrons. The Bertz CT molecular complexity index is 309. The number of nitrogens with two attached hydrogens (primary N) is 1. The maximum absolute atomic E-state index is 11.1. The fraction of sp³-hybridized carbons (Fsp3) is 0.222. The lowest BCUT2D eigenvalue weighted by atomic mass is 10.1. The van der Waals surface area contributed by atoms with Crippen molar-refractivity contribution in [1.29, 1.82) is 0 Å². The van der Waals surface area contributed by atoms with Gasteiger partial charge >= 0.3 is 0 Å². The van der Waals surface area contributed by atoms with Crippen molar-refractivity contribution in [2.24, 2.45) is 0 Å². The zero-order valence-electron chi connectivity index (χ0n) is 6.80. The zero-order valence-corrected chi connectivity index (χ0v) is 7.56. The van der Waals surface area contributed by atoms with Crippen molar-refractivity contribution < 1.29 is 4.79 Å². The predicted octanol–water partition coefficient (Wildman–Crippen LogP) is 2.00. The van der Waals surface area contributed by atoms with Crippen LogP contribution in [-0.2, 0) is 0 Å². The van der Waals surface area contributed by atoms with Gasteiger partial charge in [-0.25, -0.2) is 0 Å². The van der Waals surface area contributed by atoms with E-state index in [-0.39, 0.29) is 11.7 Å². The number of nitrogen functional groups attached to an aromatic ring is 1. The predicted molar refractivity (Wildman–Crippen MR) is 50.6 cm³/mol. The molecule has 0 aromatic heterocycles. The Morgan fingerprint density at radius 1 is 1.58 bits per heavy atom. The molecule has 0 fully saturated rings. The molecule has 0 unspecified atom stereocenters. The van der Waals surface area contributed by atoms with Crippen molar-refractivity contribution in [1.82, 2.24) is 0 Å². The first-order valence-corrected chi connectivity index (χ1v) is 4.14. The van der Waals surface area contributed by atoms with Crippen molar-refractivity contribution in [2.45, 2.75) is 6.92 Å². The molecule has 0 bridgehead atoms. The van der Waals surface area contributed by atoms with Gasteiger partial charge in [0.2, 0.25) is 0 Å². The zero-order chi connectivity index (χ0) is 9.14. The van der Waals surface area contributed by atoms with Crippen LogP contribution in [0.15, 0.2) is 18.2 Å². The van der Waals surface area contributed by atoms with Gasteiger partial charge in [0.1, 0.15) is 0 Å². The summed E-state index contributed by atoms with van der Waals surface area (Å²) in [7, 11) is 0. The lowest BCUT2D eigenvalue weighted by Crippen LogP contribution is -2.01. The number of alkyl halides is 1. The molecule has 0 atom stereocenters. The van der Waals surface area contributed by atoms with E-state index in [4.69, 9.17) is 17.3 Å². The van der Waals surface area contributed by atoms with E-state index in [9.17, 15) is 4.79 Å². The van der Waals surface area contributed by atoms with Gasteiger partial charge in [0.05, 0.1) is 5.88 Å². The number of anilines is 1. The van der Waals surface area contributed by atoms with Crippen molar-refractivity contribution in [3.8, 4) is 0 Å². The highest BCUT2D eigenvalue weighted by molar-refractivity contribution is 6.30. The topological polar surface area (TPSA) is 43.1 Å². The molecule has 2 N–H and O–H groups in total. The standard InChI is InChI=1S/C9H10ClNO/c1-6-4-7(9(12)5-10)2-3-8(6)11/h2-4H,5,11H2,1H3. The molecule has 0 saturated heterocycles. The number of ketones is 1. The Kier molecular flexibility index (Phi) is 2.71. The minimum atomic E-state index is -0.0697. The summed E-state index contributed by atoms with van der Waals surface area (Å²) in [5, 5.41) is 0. The second kappa shape index (κ2) is 3.59. The molecule has 1 rings (SSSR count). The van der Waals surface area contributed by atoms with Crippen LogP contribution in [0.1, 0.15) is 15.9 Å². The lowest BCUT2D eigenvalue weighted by Gasteiger charge is -2.01. The Morgan fingerprint density at radius 2 is 2.25 bits per heavy atom. The van der Waals surface area contributed by atoms with Gasteiger partial charge in [0, 0.05) is 11.3 Å². The number of carbonyl (C=O) groups excluding carboxylic acids is 1. The van der Waals surface area contributed by atoms with Crippen molar-refractivity contribution in [3.63, 3.8) is 0 Å². The molecule has 12 heavy (non-hydrogen) atoms. The minimum absolute atomic E-state index is 0.0172. The van der Waals surface area contributed by atoms with Gasteiger partial charge in [0.15, 0.2) is 5.78 Å². The number of Topliss-reactive ketones (excluding diaryl/α,β-unsaturated/α-hetero) is 1. The average molecular weight is 184 g/mol. The van der Waals surface area contributed by atoms with Gasteiger partial charge in [-0.2, -0.15) is 0 Å². The molecule has 0 aliphatic carbocycles. The van der Waals surface area contributed by atoms with Crippen LogP contribution in [0.2, 0.25) is 0 Å². The quantitative estimate of drug-likeness (QED) is 0.433. The van der Waals surface area contributed by atoms with E-state index in [1.165, 1.54) is 0 Å². The smallest absolute Gasteiger partial charge is 0.177 e. The highest BCUT2D eigenvalue weighted by atomic mass is 35.5. The molecule has 0 amide bonds. The number of carbonyl (C=O) groups is 1. The van der Waals surface area contributed by atoms with Crippen LogP contribution in [-0.4, -0.2) is 11.7 Å². The lowest BCUT2D eigenvalue weighted by molar-refractivity contribution is 0.102. The largest absolute Gasteiger partial charge is 0.399 e. The summed E-state index contributed by atoms with van der Waals surface area (Å²) < 4.78 is 0. The Morgan fingerprint density at radius 3 is 2.75 bits per heavy atom. The van der Waals surface area contributed by atoms with Gasteiger partial charge in [-0.15, -0.1) is 11.6 Å². The van der Waals surface area contributed by atoms with Crippen molar-refractivity contribution in [3.05, 3.63) is 29.3 Å². The fourth-order valence-electron chi connectivity index (χ4n) is 0.926. The number of hydrogen-bond acceptors (Lipinski definition) is 2. The number of halogens is 1. The monoisotopic (exact) mass is 183 g/mol. The molecule has 2 nitrogen and oxygen atoms in total. The van der Waals surface area contributed by atoms with E-state index in [1.54, 1.807) is 18.2 Å². The minimum Gasteiger partial charge on any atom is -0.399 e. The van der Waals surface area contributed by atoms with Crippen LogP contribution in [0.3, 0.4) is 0 Å². The third-order valence-electron chi connectivity index (χ3n) is 1.71. The maximum Gasteiger partial charge on any atom is 0.177 e. The first-order chi connectivity index (χ1) is 5.65. The Balaban J connectivity index is 3.05. The third kappa shape index (κ3) is 1.77. The van der Waals surface area contributed by atoms with Crippen LogP contribution in [0.25, 0.3) is 0 Å². The molecule has 0 heterocycles. The van der Waals surface area contributed by atoms with Crippen LogP contribution in [0.5, 0.6) is 0 Å². The van der Waals surface area contributed by atoms with Crippen molar-refractivity contribution >= 4 is 23.1 Å². The van der Waals surface area contributed by atoms with E-state index in [2.05, 4.69) is 0 Å². The number of hydrogen-bond donors (Lipinski definition) is 1. The molecule has 0 radical (unpaired) electrons. The molecule has 1 aromatic carbocycles. The number of benzene rings is 1. The Labute approximate surface area is 76.3 Å². The second-order valence-electron chi connectivity index (χ2n) is 2.63. The van der Waals surface area contributed by atoms with Gasteiger partial charge in [-0.05, 0) is 30.7 Å². The van der Waals surface area contributed by atoms with E-state index in [0.29, 0.717) is 11.3 Å². The molecular formula is C9H10ClNO. The van der Waals surface area contributed by atoms with Crippen molar-refractivity contribution in [2.75, 3.05) is 11.6 Å². The summed E-state index contributed by atoms with van der Waals surface area (Å²) >= 11 is 5.40. The molecule has 0 saturated carbocycles. The van der Waals surface area contributed by atoms with Crippen LogP contribution >= 0.6 is 11.6 Å². The molecule has 0 aliphatic rings. The van der Waals surface area contributed by atoms with E-state index in [0.717, 1.165) is 5.56 Å². The fourth-order valence-corrected chi connectivity index (χ4v) is 1.08. The molecule has 0 aliphatic heterocycles. The van der Waals surface area contributed by atoms with Gasteiger partial charge in [-0.3, -0.25) is 4.79 Å². The Hall–Kier alpha value is -1.02. The van der Waals surface area contributed by atoms with Crippen LogP contribution < -0.4 is 5.73 Å². The van der Waals surface area contributed by atoms with Crippen LogP contribution in [0.4, 0.5) is 5.69 Å². The van der Waals surface area contributed by atoms with E-state index < -0.39 is 0 Å².